The first-order chi connectivity index (χ1) is 14.1. The van der Waals surface area contributed by atoms with Gasteiger partial charge in [0.05, 0.1) is 24.3 Å². The first-order valence-electron chi connectivity index (χ1n) is 10.5. The zero-order valence-corrected chi connectivity index (χ0v) is 18.5. The molecule has 0 atom stereocenters. The summed E-state index contributed by atoms with van der Waals surface area (Å²) in [6.07, 6.45) is 2.99. The van der Waals surface area contributed by atoms with Gasteiger partial charge in [-0.25, -0.2) is 9.67 Å². The van der Waals surface area contributed by atoms with Gasteiger partial charge in [0.2, 0.25) is 5.91 Å². The second kappa shape index (κ2) is 8.57. The summed E-state index contributed by atoms with van der Waals surface area (Å²) in [5.41, 5.74) is 0.0984. The van der Waals surface area contributed by atoms with Crippen LogP contribution >= 0.6 is 0 Å². The van der Waals surface area contributed by atoms with E-state index in [0.29, 0.717) is 49.4 Å². The predicted molar refractivity (Wildman–Crippen MR) is 112 cm³/mol. The second-order valence-electron chi connectivity index (χ2n) is 8.74. The monoisotopic (exact) mass is 417 g/mol. The molecule has 1 fully saturated rings. The third kappa shape index (κ3) is 4.39. The molecule has 3 heterocycles. The largest absolute Gasteiger partial charge is 0.466 e. The zero-order chi connectivity index (χ0) is 22.1. The van der Waals surface area contributed by atoms with Gasteiger partial charge >= 0.3 is 5.97 Å². The quantitative estimate of drug-likeness (QED) is 0.689. The third-order valence-electron chi connectivity index (χ3n) is 5.53. The van der Waals surface area contributed by atoms with Crippen molar-refractivity contribution in [1.82, 2.24) is 24.2 Å². The number of carbonyl (C=O) groups is 2. The molecule has 9 nitrogen and oxygen atoms in total. The van der Waals surface area contributed by atoms with E-state index in [2.05, 4.69) is 10.1 Å². The number of hydrogen-bond donors (Lipinski definition) is 0. The number of amides is 1. The van der Waals surface area contributed by atoms with E-state index in [1.807, 2.05) is 20.8 Å². The van der Waals surface area contributed by atoms with Gasteiger partial charge in [-0.15, -0.1) is 0 Å². The molecule has 2 aromatic rings. The Bertz CT molecular complexity index is 993. The van der Waals surface area contributed by atoms with E-state index in [9.17, 15) is 14.4 Å². The molecule has 0 radical (unpaired) electrons. The average molecular weight is 418 g/mol. The molecule has 0 aliphatic carbocycles. The van der Waals surface area contributed by atoms with Crippen LogP contribution < -0.4 is 5.56 Å². The molecular formula is C21H31N5O4. The smallest absolute Gasteiger partial charge is 0.309 e. The van der Waals surface area contributed by atoms with Gasteiger partial charge in [0.25, 0.3) is 5.56 Å². The van der Waals surface area contributed by atoms with Crippen molar-refractivity contribution in [2.45, 2.75) is 66.0 Å². The Labute approximate surface area is 176 Å². The molecule has 0 aromatic carbocycles. The fourth-order valence-electron chi connectivity index (χ4n) is 3.85. The highest BCUT2D eigenvalue weighted by atomic mass is 16.5. The van der Waals surface area contributed by atoms with Crippen LogP contribution in [0.2, 0.25) is 0 Å². The van der Waals surface area contributed by atoms with Crippen molar-refractivity contribution in [2.24, 2.45) is 5.92 Å². The molecule has 0 bridgehead atoms. The molecule has 3 rings (SSSR count). The van der Waals surface area contributed by atoms with Gasteiger partial charge in [0.15, 0.2) is 5.65 Å². The fourth-order valence-corrected chi connectivity index (χ4v) is 3.85. The van der Waals surface area contributed by atoms with Crippen molar-refractivity contribution < 1.29 is 14.3 Å². The van der Waals surface area contributed by atoms with Crippen LogP contribution in [0.15, 0.2) is 11.0 Å². The standard InChI is InChI=1S/C21H31N5O4/c1-6-30-20(29)15-7-10-24(11-8-15)17(27)9-12-25-14(2)23-18-16(19(25)28)13-22-26(18)21(3,4)5/h13,15H,6-12H2,1-5H3. The van der Waals surface area contributed by atoms with Gasteiger partial charge in [-0.1, -0.05) is 0 Å². The van der Waals surface area contributed by atoms with Crippen LogP contribution in [0.5, 0.6) is 0 Å². The van der Waals surface area contributed by atoms with Crippen molar-refractivity contribution in [3.05, 3.63) is 22.4 Å². The Morgan fingerprint density at radius 1 is 1.23 bits per heavy atom. The molecule has 0 unspecified atom stereocenters. The average Bonchev–Trinajstić information content (AvgIpc) is 3.12. The van der Waals surface area contributed by atoms with Crippen molar-refractivity contribution in [3.63, 3.8) is 0 Å². The lowest BCUT2D eigenvalue weighted by Gasteiger charge is -2.31. The number of rotatable bonds is 5. The van der Waals surface area contributed by atoms with Crippen LogP contribution in [0.4, 0.5) is 0 Å². The lowest BCUT2D eigenvalue weighted by Crippen LogP contribution is -2.41. The number of carbonyl (C=O) groups excluding carboxylic acids is 2. The van der Waals surface area contributed by atoms with Crippen molar-refractivity contribution in [2.75, 3.05) is 19.7 Å². The number of aryl methyl sites for hydroxylation is 1. The minimum absolute atomic E-state index is 0.0194. The Morgan fingerprint density at radius 3 is 2.50 bits per heavy atom. The van der Waals surface area contributed by atoms with Gasteiger partial charge < -0.3 is 9.64 Å². The van der Waals surface area contributed by atoms with E-state index in [0.717, 1.165) is 0 Å². The topological polar surface area (TPSA) is 99.3 Å². The molecule has 1 amide bonds. The van der Waals surface area contributed by atoms with Crippen LogP contribution in [0.1, 0.15) is 52.8 Å². The molecule has 0 spiro atoms. The highest BCUT2D eigenvalue weighted by molar-refractivity contribution is 5.77. The number of piperidine rings is 1. The Balaban J connectivity index is 1.67. The molecule has 1 aliphatic rings. The fraction of sp³-hybridized carbons (Fsp3) is 0.667. The van der Waals surface area contributed by atoms with E-state index >= 15 is 0 Å². The maximum Gasteiger partial charge on any atom is 0.309 e. The van der Waals surface area contributed by atoms with E-state index in [4.69, 9.17) is 4.74 Å². The number of nitrogens with zero attached hydrogens (tertiary/aromatic N) is 5. The molecule has 9 heteroatoms. The molecule has 30 heavy (non-hydrogen) atoms. The summed E-state index contributed by atoms with van der Waals surface area (Å²) < 4.78 is 8.36. The Morgan fingerprint density at radius 2 is 1.90 bits per heavy atom. The van der Waals surface area contributed by atoms with E-state index in [1.165, 1.54) is 0 Å². The minimum Gasteiger partial charge on any atom is -0.466 e. The minimum atomic E-state index is -0.286. The number of fused-ring (bicyclic) bond motifs is 1. The number of likely N-dealkylation sites (tertiary alicyclic amines) is 1. The summed E-state index contributed by atoms with van der Waals surface area (Å²) in [7, 11) is 0. The lowest BCUT2D eigenvalue weighted by molar-refractivity contribution is -0.151. The van der Waals surface area contributed by atoms with Gasteiger partial charge in [-0.2, -0.15) is 5.10 Å². The SMILES string of the molecule is CCOC(=O)C1CCN(C(=O)CCn2c(C)nc3c(cnn3C(C)(C)C)c2=O)CC1. The normalized spacial score (nSPS) is 15.6. The summed E-state index contributed by atoms with van der Waals surface area (Å²) in [5, 5.41) is 4.80. The second-order valence-corrected chi connectivity index (χ2v) is 8.74. The molecule has 0 N–H and O–H groups in total. The van der Waals surface area contributed by atoms with Gasteiger partial charge in [-0.05, 0) is 47.5 Å². The Kier molecular flexibility index (Phi) is 6.28. The molecule has 164 valence electrons. The lowest BCUT2D eigenvalue weighted by atomic mass is 9.97. The van der Waals surface area contributed by atoms with E-state index in [-0.39, 0.29) is 41.9 Å². The van der Waals surface area contributed by atoms with Gasteiger partial charge in [0.1, 0.15) is 11.2 Å². The summed E-state index contributed by atoms with van der Waals surface area (Å²) >= 11 is 0. The molecule has 1 aliphatic heterocycles. The maximum atomic E-state index is 13.0. The van der Waals surface area contributed by atoms with Gasteiger partial charge in [0, 0.05) is 26.1 Å². The van der Waals surface area contributed by atoms with Crippen LogP contribution in [0, 0.1) is 12.8 Å². The van der Waals surface area contributed by atoms with Crippen LogP contribution in [-0.4, -0.2) is 55.8 Å². The highest BCUT2D eigenvalue weighted by Gasteiger charge is 2.28. The van der Waals surface area contributed by atoms with E-state index < -0.39 is 0 Å². The highest BCUT2D eigenvalue weighted by Crippen LogP contribution is 2.20. The molecule has 2 aromatic heterocycles. The predicted octanol–water partition coefficient (Wildman–Crippen LogP) is 1.85. The van der Waals surface area contributed by atoms with Crippen LogP contribution in [0.3, 0.4) is 0 Å². The van der Waals surface area contributed by atoms with Crippen molar-refractivity contribution >= 4 is 22.9 Å². The van der Waals surface area contributed by atoms with E-state index in [1.54, 1.807) is 34.2 Å². The zero-order valence-electron chi connectivity index (χ0n) is 18.5. The van der Waals surface area contributed by atoms with Gasteiger partial charge in [-0.3, -0.25) is 19.0 Å². The van der Waals surface area contributed by atoms with Crippen molar-refractivity contribution in [1.29, 1.82) is 0 Å². The molecule has 0 saturated carbocycles. The molecule has 1 saturated heterocycles. The Hall–Kier alpha value is -2.71. The number of ether oxygens (including phenoxy) is 1. The van der Waals surface area contributed by atoms with Crippen LogP contribution in [-0.2, 0) is 26.4 Å². The summed E-state index contributed by atoms with van der Waals surface area (Å²) in [5.74, 6) is 0.230. The first kappa shape index (κ1) is 22.0. The number of aromatic nitrogens is 4. The number of esters is 1. The summed E-state index contributed by atoms with van der Waals surface area (Å²) in [6.45, 7) is 11.3. The van der Waals surface area contributed by atoms with Crippen molar-refractivity contribution in [3.8, 4) is 0 Å². The summed E-state index contributed by atoms with van der Waals surface area (Å²) in [4.78, 5) is 43.8. The molecular weight excluding hydrogens is 386 g/mol. The number of hydrogen-bond acceptors (Lipinski definition) is 6. The maximum absolute atomic E-state index is 13.0. The van der Waals surface area contributed by atoms with Crippen LogP contribution in [0.25, 0.3) is 11.0 Å². The first-order valence-corrected chi connectivity index (χ1v) is 10.5. The third-order valence-corrected chi connectivity index (χ3v) is 5.53. The summed E-state index contributed by atoms with van der Waals surface area (Å²) in [6, 6.07) is 0.